The van der Waals surface area contributed by atoms with Crippen molar-refractivity contribution >= 4 is 55.1 Å². The minimum Gasteiger partial charge on any atom is -0.323 e. The van der Waals surface area contributed by atoms with Crippen LogP contribution in [0, 0.1) is 0 Å². The molecule has 0 aliphatic rings. The van der Waals surface area contributed by atoms with Gasteiger partial charge in [-0.25, -0.2) is 0 Å². The number of rotatable bonds is 4. The third kappa shape index (κ3) is 4.46. The summed E-state index contributed by atoms with van der Waals surface area (Å²) in [6.07, 6.45) is 0. The van der Waals surface area contributed by atoms with Gasteiger partial charge in [0.25, 0.3) is 20.2 Å². The van der Waals surface area contributed by atoms with E-state index in [0.717, 1.165) is 18.2 Å². The predicted octanol–water partition coefficient (Wildman–Crippen LogP) is 1.42. The lowest BCUT2D eigenvalue weighted by molar-refractivity contribution is 0.479. The van der Waals surface area contributed by atoms with Gasteiger partial charge in [0, 0.05) is 0 Å². The lowest BCUT2D eigenvalue weighted by Crippen LogP contribution is -2.08. The molecule has 0 aliphatic carbocycles. The van der Waals surface area contributed by atoms with Crippen molar-refractivity contribution in [1.82, 2.24) is 15.0 Å². The van der Waals surface area contributed by atoms with Gasteiger partial charge in [-0.15, -0.1) is 0 Å². The van der Waals surface area contributed by atoms with Crippen LogP contribution in [-0.2, 0) is 20.2 Å². The number of benzene rings is 1. The van der Waals surface area contributed by atoms with Crippen LogP contribution in [0.15, 0.2) is 28.0 Å². The second kappa shape index (κ2) is 6.14. The van der Waals surface area contributed by atoms with Crippen LogP contribution < -0.4 is 5.32 Å². The summed E-state index contributed by atoms with van der Waals surface area (Å²) in [5.74, 6) is -0.313. The molecule has 23 heavy (non-hydrogen) atoms. The Kier molecular flexibility index (Phi) is 4.75. The molecule has 1 aromatic heterocycles. The highest BCUT2D eigenvalue weighted by Crippen LogP contribution is 2.27. The van der Waals surface area contributed by atoms with Gasteiger partial charge in [0.05, 0.1) is 10.6 Å². The van der Waals surface area contributed by atoms with E-state index in [-0.39, 0.29) is 16.5 Å². The van der Waals surface area contributed by atoms with Crippen LogP contribution in [0.25, 0.3) is 0 Å². The second-order valence-corrected chi connectivity index (χ2v) is 7.42. The molecule has 1 aromatic carbocycles. The summed E-state index contributed by atoms with van der Waals surface area (Å²) in [5, 5.41) is 1.70. The van der Waals surface area contributed by atoms with Crippen LogP contribution >= 0.6 is 23.2 Å². The maximum Gasteiger partial charge on any atom is 0.296 e. The lowest BCUT2D eigenvalue weighted by Gasteiger charge is -2.10. The molecular formula is C9H6Cl2N4O6S2. The Morgan fingerprint density at radius 3 is 1.96 bits per heavy atom. The van der Waals surface area contributed by atoms with Crippen molar-refractivity contribution in [2.75, 3.05) is 5.32 Å². The maximum absolute atomic E-state index is 11.3. The van der Waals surface area contributed by atoms with Crippen molar-refractivity contribution in [3.05, 3.63) is 28.8 Å². The Morgan fingerprint density at radius 2 is 1.48 bits per heavy atom. The number of hydrogen-bond donors (Lipinski definition) is 3. The summed E-state index contributed by atoms with van der Waals surface area (Å²) >= 11 is 11.1. The zero-order valence-electron chi connectivity index (χ0n) is 10.7. The molecule has 0 spiro atoms. The first kappa shape index (κ1) is 17.8. The van der Waals surface area contributed by atoms with E-state index in [1.54, 1.807) is 0 Å². The molecule has 2 rings (SSSR count). The van der Waals surface area contributed by atoms with Gasteiger partial charge >= 0.3 is 0 Å². The Balaban J connectivity index is 2.62. The molecule has 0 amide bonds. The number of halogens is 2. The molecule has 0 saturated heterocycles. The van der Waals surface area contributed by atoms with Crippen molar-refractivity contribution in [2.24, 2.45) is 0 Å². The quantitative estimate of drug-likeness (QED) is 0.639. The van der Waals surface area contributed by atoms with E-state index in [1.165, 1.54) is 0 Å². The molecule has 0 aliphatic heterocycles. The molecule has 0 saturated carbocycles. The predicted molar refractivity (Wildman–Crippen MR) is 79.2 cm³/mol. The van der Waals surface area contributed by atoms with Gasteiger partial charge in [-0.05, 0) is 41.4 Å². The summed E-state index contributed by atoms with van der Waals surface area (Å²) in [5.41, 5.74) is -0.430. The van der Waals surface area contributed by atoms with Crippen molar-refractivity contribution in [3.8, 4) is 0 Å². The van der Waals surface area contributed by atoms with Gasteiger partial charge in [-0.1, -0.05) is 0 Å². The van der Waals surface area contributed by atoms with E-state index in [1.807, 2.05) is 0 Å². The average Bonchev–Trinajstić information content (AvgIpc) is 2.34. The molecule has 3 N–H and O–H groups in total. The monoisotopic (exact) mass is 400 g/mol. The average molecular weight is 401 g/mol. The third-order valence-corrected chi connectivity index (χ3v) is 4.45. The fourth-order valence-electron chi connectivity index (χ4n) is 1.49. The second-order valence-electron chi connectivity index (χ2n) is 3.93. The smallest absolute Gasteiger partial charge is 0.296 e. The Labute approximate surface area is 140 Å². The van der Waals surface area contributed by atoms with Gasteiger partial charge in [-0.2, -0.15) is 31.8 Å². The molecule has 124 valence electrons. The van der Waals surface area contributed by atoms with Gasteiger partial charge in [-0.3, -0.25) is 9.11 Å². The first-order valence-corrected chi connectivity index (χ1v) is 9.03. The first-order valence-electron chi connectivity index (χ1n) is 5.40. The summed E-state index contributed by atoms with van der Waals surface area (Å²) < 4.78 is 63.1. The van der Waals surface area contributed by atoms with Crippen molar-refractivity contribution < 1.29 is 25.9 Å². The molecule has 2 aromatic rings. The van der Waals surface area contributed by atoms with E-state index in [0.29, 0.717) is 0 Å². The standard InChI is InChI=1S/C9H6Cl2N4O6S2/c10-7-13-8(11)15-9(14-7)12-5-3-4(22(16,17)18)1-2-6(5)23(19,20)21/h1-3H,(H,16,17,18)(H,19,20,21)(H,12,13,14,15). The number of nitrogens with one attached hydrogen (secondary N) is 1. The summed E-state index contributed by atoms with van der Waals surface area (Å²) in [4.78, 5) is 9.37. The zero-order valence-corrected chi connectivity index (χ0v) is 13.8. The molecule has 0 fully saturated rings. The van der Waals surface area contributed by atoms with Crippen LogP contribution in [0.3, 0.4) is 0 Å². The van der Waals surface area contributed by atoms with E-state index < -0.39 is 35.7 Å². The summed E-state index contributed by atoms with van der Waals surface area (Å²) in [7, 11) is -9.33. The molecule has 0 bridgehead atoms. The molecular weight excluding hydrogens is 395 g/mol. The fraction of sp³-hybridized carbons (Fsp3) is 0. The summed E-state index contributed by atoms with van der Waals surface area (Å²) in [6, 6.07) is 2.31. The minimum atomic E-state index is -4.71. The van der Waals surface area contributed by atoms with Crippen LogP contribution in [0.1, 0.15) is 0 Å². The molecule has 0 unspecified atom stereocenters. The normalized spacial score (nSPS) is 12.2. The van der Waals surface area contributed by atoms with Crippen LogP contribution in [0.2, 0.25) is 10.6 Å². The lowest BCUT2D eigenvalue weighted by atomic mass is 10.3. The van der Waals surface area contributed by atoms with Crippen LogP contribution in [-0.4, -0.2) is 40.9 Å². The Morgan fingerprint density at radius 1 is 0.913 bits per heavy atom. The third-order valence-electron chi connectivity index (χ3n) is 2.35. The maximum atomic E-state index is 11.3. The van der Waals surface area contributed by atoms with Crippen molar-refractivity contribution in [3.63, 3.8) is 0 Å². The Hall–Kier alpha value is -1.57. The number of anilines is 2. The first-order chi connectivity index (χ1) is 10.5. The molecule has 0 radical (unpaired) electrons. The highest BCUT2D eigenvalue weighted by Gasteiger charge is 2.20. The van der Waals surface area contributed by atoms with E-state index in [2.05, 4.69) is 20.3 Å². The number of nitrogens with zero attached hydrogens (tertiary/aromatic N) is 3. The highest BCUT2D eigenvalue weighted by atomic mass is 35.5. The van der Waals surface area contributed by atoms with Crippen molar-refractivity contribution in [1.29, 1.82) is 0 Å². The number of aromatic nitrogens is 3. The molecule has 0 atom stereocenters. The zero-order chi connectivity index (χ0) is 17.4. The van der Waals surface area contributed by atoms with E-state index >= 15 is 0 Å². The van der Waals surface area contributed by atoms with Gasteiger partial charge in [0.2, 0.25) is 16.5 Å². The molecule has 10 nitrogen and oxygen atoms in total. The number of hydrogen-bond acceptors (Lipinski definition) is 8. The van der Waals surface area contributed by atoms with Crippen molar-refractivity contribution in [2.45, 2.75) is 9.79 Å². The fourth-order valence-corrected chi connectivity index (χ4v) is 2.99. The summed E-state index contributed by atoms with van der Waals surface area (Å²) in [6.45, 7) is 0. The largest absolute Gasteiger partial charge is 0.323 e. The van der Waals surface area contributed by atoms with Crippen LogP contribution in [0.5, 0.6) is 0 Å². The topological polar surface area (TPSA) is 159 Å². The molecule has 1 heterocycles. The van der Waals surface area contributed by atoms with Gasteiger partial charge in [0.1, 0.15) is 4.90 Å². The van der Waals surface area contributed by atoms with Gasteiger partial charge < -0.3 is 5.32 Å². The SMILES string of the molecule is O=S(=O)(O)c1ccc(S(=O)(=O)O)c(Nc2nc(Cl)nc(Cl)n2)c1. The highest BCUT2D eigenvalue weighted by molar-refractivity contribution is 7.86. The van der Waals surface area contributed by atoms with E-state index in [9.17, 15) is 16.8 Å². The van der Waals surface area contributed by atoms with Gasteiger partial charge in [0.15, 0.2) is 0 Å². The molecule has 14 heteroatoms. The Bertz CT molecular complexity index is 959. The van der Waals surface area contributed by atoms with E-state index in [4.69, 9.17) is 32.3 Å². The van der Waals surface area contributed by atoms with Crippen LogP contribution in [0.4, 0.5) is 11.6 Å². The minimum absolute atomic E-state index is 0.313.